The van der Waals surface area contributed by atoms with Gasteiger partial charge in [0.1, 0.15) is 5.82 Å². The summed E-state index contributed by atoms with van der Waals surface area (Å²) >= 11 is 5.98. The molecule has 2 aromatic carbocycles. The third-order valence-electron chi connectivity index (χ3n) is 3.76. The van der Waals surface area contributed by atoms with Crippen molar-refractivity contribution in [3.63, 3.8) is 0 Å². The molecule has 0 fully saturated rings. The summed E-state index contributed by atoms with van der Waals surface area (Å²) in [5, 5.41) is 3.04. The lowest BCUT2D eigenvalue weighted by atomic mass is 10.0. The fraction of sp³-hybridized carbons (Fsp3) is 0.263. The molecule has 0 radical (unpaired) electrons. The average molecular weight is 348 g/mol. The van der Waals surface area contributed by atoms with E-state index in [1.54, 1.807) is 25.1 Å². The van der Waals surface area contributed by atoms with Gasteiger partial charge in [-0.1, -0.05) is 47.5 Å². The van der Waals surface area contributed by atoms with Crippen molar-refractivity contribution in [2.45, 2.75) is 32.7 Å². The maximum atomic E-state index is 13.1. The number of carbonyl (C=O) groups is 2. The van der Waals surface area contributed by atoms with Crippen molar-refractivity contribution >= 4 is 23.3 Å². The van der Waals surface area contributed by atoms with Crippen molar-refractivity contribution in [2.75, 3.05) is 0 Å². The largest absolute Gasteiger partial charge is 0.350 e. The second-order valence-corrected chi connectivity index (χ2v) is 6.15. The molecule has 0 aliphatic rings. The molecule has 0 saturated carbocycles. The minimum atomic E-state index is -0.425. The van der Waals surface area contributed by atoms with Gasteiger partial charge in [0.15, 0.2) is 5.78 Å². The van der Waals surface area contributed by atoms with E-state index in [4.69, 9.17) is 11.6 Å². The first-order chi connectivity index (χ1) is 11.4. The summed E-state index contributed by atoms with van der Waals surface area (Å²) < 4.78 is 13.1. The van der Waals surface area contributed by atoms with Gasteiger partial charge in [-0.2, -0.15) is 0 Å². The number of carbonyl (C=O) groups excluding carboxylic acids is 2. The molecule has 24 heavy (non-hydrogen) atoms. The van der Waals surface area contributed by atoms with Crippen LogP contribution >= 0.6 is 11.6 Å². The van der Waals surface area contributed by atoms with Gasteiger partial charge in [-0.3, -0.25) is 9.59 Å². The Kier molecular flexibility index (Phi) is 6.10. The molecule has 0 aliphatic carbocycles. The van der Waals surface area contributed by atoms with E-state index in [-0.39, 0.29) is 35.6 Å². The number of Topliss-reactive ketones (excluding diaryl/α,β-unsaturated/α-hetero) is 1. The molecule has 1 amide bonds. The summed E-state index contributed by atoms with van der Waals surface area (Å²) in [5.41, 5.74) is 2.31. The van der Waals surface area contributed by atoms with Crippen LogP contribution in [0.4, 0.5) is 4.39 Å². The molecule has 0 heterocycles. The quantitative estimate of drug-likeness (QED) is 0.774. The molecule has 1 unspecified atom stereocenters. The number of rotatable bonds is 6. The van der Waals surface area contributed by atoms with Crippen LogP contribution in [0.15, 0.2) is 42.5 Å². The molecule has 1 atom stereocenters. The Hall–Kier alpha value is -2.20. The number of aryl methyl sites for hydroxylation is 1. The SMILES string of the molecule is Cc1ccc(C(=O)CCC(=O)NC(C)c2ccc(F)cc2Cl)cc1. The fourth-order valence-corrected chi connectivity index (χ4v) is 2.69. The summed E-state index contributed by atoms with van der Waals surface area (Å²) in [6.07, 6.45) is 0.231. The highest BCUT2D eigenvalue weighted by molar-refractivity contribution is 6.31. The van der Waals surface area contributed by atoms with Crippen LogP contribution < -0.4 is 5.32 Å². The molecule has 5 heteroatoms. The third-order valence-corrected chi connectivity index (χ3v) is 4.09. The number of benzene rings is 2. The van der Waals surface area contributed by atoms with E-state index in [1.165, 1.54) is 12.1 Å². The summed E-state index contributed by atoms with van der Waals surface area (Å²) in [6.45, 7) is 3.71. The van der Waals surface area contributed by atoms with Gasteiger partial charge in [0.05, 0.1) is 6.04 Å². The van der Waals surface area contributed by atoms with Crippen LogP contribution in [0.5, 0.6) is 0 Å². The molecule has 0 bridgehead atoms. The predicted molar refractivity (Wildman–Crippen MR) is 92.7 cm³/mol. The average Bonchev–Trinajstić information content (AvgIpc) is 2.53. The zero-order chi connectivity index (χ0) is 17.7. The Balaban J connectivity index is 1.88. The standard InChI is InChI=1S/C19H19ClFNO2/c1-12-3-5-14(6-4-12)18(23)9-10-19(24)22-13(2)16-8-7-15(21)11-17(16)20/h3-8,11,13H,9-10H2,1-2H3,(H,22,24). The maximum absolute atomic E-state index is 13.1. The van der Waals surface area contributed by atoms with E-state index < -0.39 is 5.82 Å². The highest BCUT2D eigenvalue weighted by atomic mass is 35.5. The topological polar surface area (TPSA) is 46.2 Å². The van der Waals surface area contributed by atoms with E-state index in [1.807, 2.05) is 19.1 Å². The van der Waals surface area contributed by atoms with Gasteiger partial charge in [0.25, 0.3) is 0 Å². The predicted octanol–water partition coefficient (Wildman–Crippen LogP) is 4.63. The maximum Gasteiger partial charge on any atom is 0.220 e. The van der Waals surface area contributed by atoms with Gasteiger partial charge in [0.2, 0.25) is 5.91 Å². The third kappa shape index (κ3) is 4.90. The molecule has 0 spiro atoms. The number of halogens is 2. The summed E-state index contributed by atoms with van der Waals surface area (Å²) in [7, 11) is 0. The molecular formula is C19H19ClFNO2. The number of ketones is 1. The monoisotopic (exact) mass is 347 g/mol. The Morgan fingerprint density at radius 2 is 1.79 bits per heavy atom. The lowest BCUT2D eigenvalue weighted by molar-refractivity contribution is -0.121. The van der Waals surface area contributed by atoms with Crippen molar-refractivity contribution in [3.05, 3.63) is 70.0 Å². The zero-order valence-corrected chi connectivity index (χ0v) is 14.4. The van der Waals surface area contributed by atoms with E-state index in [0.717, 1.165) is 5.56 Å². The zero-order valence-electron chi connectivity index (χ0n) is 13.6. The second-order valence-electron chi connectivity index (χ2n) is 5.74. The van der Waals surface area contributed by atoms with Crippen LogP contribution in [0.1, 0.15) is 47.3 Å². The summed E-state index contributed by atoms with van der Waals surface area (Å²) in [5.74, 6) is -0.744. The molecule has 3 nitrogen and oxygen atoms in total. The van der Waals surface area contributed by atoms with Crippen LogP contribution in [0.3, 0.4) is 0 Å². The molecule has 2 rings (SSSR count). The number of hydrogen-bond acceptors (Lipinski definition) is 2. The van der Waals surface area contributed by atoms with E-state index in [2.05, 4.69) is 5.32 Å². The molecule has 126 valence electrons. The van der Waals surface area contributed by atoms with Crippen LogP contribution in [0.25, 0.3) is 0 Å². The normalized spacial score (nSPS) is 11.8. The van der Waals surface area contributed by atoms with E-state index >= 15 is 0 Å². The molecule has 1 N–H and O–H groups in total. The minimum absolute atomic E-state index is 0.0717. The molecular weight excluding hydrogens is 329 g/mol. The Bertz CT molecular complexity index is 744. The van der Waals surface area contributed by atoms with Gasteiger partial charge in [0, 0.05) is 23.4 Å². The number of amides is 1. The Morgan fingerprint density at radius 1 is 1.12 bits per heavy atom. The molecule has 0 aromatic heterocycles. The Labute approximate surface area is 145 Å². The van der Waals surface area contributed by atoms with Gasteiger partial charge in [-0.05, 0) is 31.5 Å². The molecule has 2 aromatic rings. The van der Waals surface area contributed by atoms with Gasteiger partial charge >= 0.3 is 0 Å². The van der Waals surface area contributed by atoms with E-state index in [0.29, 0.717) is 11.1 Å². The van der Waals surface area contributed by atoms with Crippen LogP contribution in [0.2, 0.25) is 5.02 Å². The van der Waals surface area contributed by atoms with Crippen LogP contribution in [-0.4, -0.2) is 11.7 Å². The van der Waals surface area contributed by atoms with Gasteiger partial charge in [-0.25, -0.2) is 4.39 Å². The van der Waals surface area contributed by atoms with Crippen molar-refractivity contribution in [3.8, 4) is 0 Å². The van der Waals surface area contributed by atoms with Crippen LogP contribution in [-0.2, 0) is 4.79 Å². The fourth-order valence-electron chi connectivity index (χ4n) is 2.35. The first-order valence-corrected chi connectivity index (χ1v) is 8.09. The highest BCUT2D eigenvalue weighted by Gasteiger charge is 2.15. The van der Waals surface area contributed by atoms with Gasteiger partial charge < -0.3 is 5.32 Å². The van der Waals surface area contributed by atoms with Gasteiger partial charge in [-0.15, -0.1) is 0 Å². The first-order valence-electron chi connectivity index (χ1n) is 7.71. The molecule has 0 saturated heterocycles. The lowest BCUT2D eigenvalue weighted by Crippen LogP contribution is -2.27. The first kappa shape index (κ1) is 18.1. The van der Waals surface area contributed by atoms with E-state index in [9.17, 15) is 14.0 Å². The van der Waals surface area contributed by atoms with Crippen LogP contribution in [0, 0.1) is 12.7 Å². The van der Waals surface area contributed by atoms with Crippen molar-refractivity contribution in [1.82, 2.24) is 5.32 Å². The molecule has 0 aliphatic heterocycles. The summed E-state index contributed by atoms with van der Waals surface area (Å²) in [6, 6.07) is 10.9. The number of hydrogen-bond donors (Lipinski definition) is 1. The lowest BCUT2D eigenvalue weighted by Gasteiger charge is -2.15. The smallest absolute Gasteiger partial charge is 0.220 e. The van der Waals surface area contributed by atoms with Crippen molar-refractivity contribution in [2.24, 2.45) is 0 Å². The second kappa shape index (κ2) is 8.06. The highest BCUT2D eigenvalue weighted by Crippen LogP contribution is 2.23. The summed E-state index contributed by atoms with van der Waals surface area (Å²) in [4.78, 5) is 24.1. The Morgan fingerprint density at radius 3 is 2.42 bits per heavy atom. The van der Waals surface area contributed by atoms with Crippen molar-refractivity contribution < 1.29 is 14.0 Å². The van der Waals surface area contributed by atoms with Crippen molar-refractivity contribution in [1.29, 1.82) is 0 Å². The minimum Gasteiger partial charge on any atom is -0.350 e. The number of nitrogens with one attached hydrogen (secondary N) is 1.